The summed E-state index contributed by atoms with van der Waals surface area (Å²) >= 11 is 5.54. The summed E-state index contributed by atoms with van der Waals surface area (Å²) in [6.07, 6.45) is -4.57. The topological polar surface area (TPSA) is 75.6 Å². The first-order valence-corrected chi connectivity index (χ1v) is 8.07. The van der Waals surface area contributed by atoms with Gasteiger partial charge < -0.3 is 15.2 Å². The maximum absolute atomic E-state index is 12.8. The van der Waals surface area contributed by atoms with Crippen LogP contribution in [0.2, 0.25) is 5.02 Å². The fourth-order valence-electron chi connectivity index (χ4n) is 2.18. The molecule has 2 aromatic carbocycles. The highest BCUT2D eigenvalue weighted by Crippen LogP contribution is 2.35. The summed E-state index contributed by atoms with van der Waals surface area (Å²) in [5.74, 6) is -1.43. The van der Waals surface area contributed by atoms with Crippen molar-refractivity contribution >= 4 is 29.0 Å². The van der Waals surface area contributed by atoms with Crippen molar-refractivity contribution in [2.75, 3.05) is 18.5 Å². The Labute approximate surface area is 157 Å². The molecule has 2 N–H and O–H groups in total. The van der Waals surface area contributed by atoms with E-state index in [1.165, 1.54) is 24.3 Å². The SMILES string of the molecule is O=C(CNc1cccc(C(=O)O)c1)COCc1ccc(Cl)c(C(F)(F)F)c1. The van der Waals surface area contributed by atoms with Gasteiger partial charge in [0.15, 0.2) is 5.78 Å². The lowest BCUT2D eigenvalue weighted by molar-refractivity contribution is -0.137. The molecule has 2 rings (SSSR count). The van der Waals surface area contributed by atoms with Gasteiger partial charge in [-0.05, 0) is 35.9 Å². The number of hydrogen-bond acceptors (Lipinski definition) is 4. The molecule has 144 valence electrons. The number of benzene rings is 2. The van der Waals surface area contributed by atoms with E-state index in [1.807, 2.05) is 0 Å². The molecule has 0 spiro atoms. The van der Waals surface area contributed by atoms with E-state index in [9.17, 15) is 22.8 Å². The van der Waals surface area contributed by atoms with Crippen LogP contribution in [0.15, 0.2) is 42.5 Å². The summed E-state index contributed by atoms with van der Waals surface area (Å²) < 4.78 is 43.5. The predicted octanol–water partition coefficient (Wildman–Crippen LogP) is 4.25. The molecule has 0 radical (unpaired) electrons. The molecule has 0 unspecified atom stereocenters. The summed E-state index contributed by atoms with van der Waals surface area (Å²) in [5.41, 5.74) is -0.194. The Bertz CT molecular complexity index is 840. The number of hydrogen-bond donors (Lipinski definition) is 2. The third-order valence-corrected chi connectivity index (χ3v) is 3.80. The van der Waals surface area contributed by atoms with Crippen molar-refractivity contribution in [2.45, 2.75) is 12.8 Å². The predicted molar refractivity (Wildman–Crippen MR) is 93.0 cm³/mol. The van der Waals surface area contributed by atoms with Crippen LogP contribution >= 0.6 is 11.6 Å². The van der Waals surface area contributed by atoms with Crippen LogP contribution in [0, 0.1) is 0 Å². The molecular weight excluding hydrogens is 387 g/mol. The van der Waals surface area contributed by atoms with Gasteiger partial charge in [0.05, 0.1) is 29.3 Å². The van der Waals surface area contributed by atoms with Crippen molar-refractivity contribution in [2.24, 2.45) is 0 Å². The molecule has 5 nitrogen and oxygen atoms in total. The van der Waals surface area contributed by atoms with Crippen molar-refractivity contribution in [3.8, 4) is 0 Å². The number of carbonyl (C=O) groups is 2. The van der Waals surface area contributed by atoms with Gasteiger partial charge in [-0.1, -0.05) is 23.7 Å². The Hall–Kier alpha value is -2.58. The number of anilines is 1. The third-order valence-electron chi connectivity index (χ3n) is 3.47. The van der Waals surface area contributed by atoms with E-state index in [1.54, 1.807) is 6.07 Å². The van der Waals surface area contributed by atoms with Crippen LogP contribution in [-0.4, -0.2) is 30.0 Å². The minimum atomic E-state index is -4.57. The van der Waals surface area contributed by atoms with Crippen LogP contribution < -0.4 is 5.32 Å². The molecule has 0 aromatic heterocycles. The average molecular weight is 402 g/mol. The number of ether oxygens (including phenoxy) is 1. The molecule has 0 aliphatic carbocycles. The zero-order valence-electron chi connectivity index (χ0n) is 13.8. The van der Waals surface area contributed by atoms with E-state index in [2.05, 4.69) is 5.32 Å². The van der Waals surface area contributed by atoms with Gasteiger partial charge in [0.25, 0.3) is 0 Å². The second kappa shape index (κ2) is 8.88. The molecule has 0 saturated heterocycles. The highest BCUT2D eigenvalue weighted by atomic mass is 35.5. The van der Waals surface area contributed by atoms with Gasteiger partial charge in [-0.2, -0.15) is 13.2 Å². The van der Waals surface area contributed by atoms with Gasteiger partial charge in [0.1, 0.15) is 6.61 Å². The zero-order chi connectivity index (χ0) is 20.0. The highest BCUT2D eigenvalue weighted by molar-refractivity contribution is 6.31. The number of ketones is 1. The van der Waals surface area contributed by atoms with Gasteiger partial charge in [0, 0.05) is 5.69 Å². The van der Waals surface area contributed by atoms with Crippen LogP contribution in [0.1, 0.15) is 21.5 Å². The lowest BCUT2D eigenvalue weighted by Gasteiger charge is -2.11. The van der Waals surface area contributed by atoms with E-state index in [0.29, 0.717) is 5.69 Å². The number of aromatic carboxylic acids is 1. The van der Waals surface area contributed by atoms with Gasteiger partial charge in [-0.3, -0.25) is 4.79 Å². The largest absolute Gasteiger partial charge is 0.478 e. The molecule has 0 atom stereocenters. The average Bonchev–Trinajstić information content (AvgIpc) is 2.60. The van der Waals surface area contributed by atoms with Crippen LogP contribution in [0.4, 0.5) is 18.9 Å². The molecule has 0 amide bonds. The number of Topliss-reactive ketones (excluding diaryl/α,β-unsaturated/α-hetero) is 1. The summed E-state index contributed by atoms with van der Waals surface area (Å²) in [4.78, 5) is 22.7. The minimum Gasteiger partial charge on any atom is -0.478 e. The fraction of sp³-hybridized carbons (Fsp3) is 0.222. The molecular formula is C18H15ClF3NO4. The van der Waals surface area contributed by atoms with E-state index >= 15 is 0 Å². The van der Waals surface area contributed by atoms with Crippen molar-refractivity contribution < 1.29 is 32.6 Å². The minimum absolute atomic E-state index is 0.0758. The lowest BCUT2D eigenvalue weighted by atomic mass is 10.1. The molecule has 27 heavy (non-hydrogen) atoms. The Morgan fingerprint density at radius 1 is 1.15 bits per heavy atom. The monoisotopic (exact) mass is 401 g/mol. The van der Waals surface area contributed by atoms with Gasteiger partial charge in [-0.25, -0.2) is 4.79 Å². The normalized spacial score (nSPS) is 11.3. The number of carboxylic acid groups (broad SMARTS) is 1. The number of rotatable bonds is 8. The molecule has 0 saturated carbocycles. The highest BCUT2D eigenvalue weighted by Gasteiger charge is 2.33. The molecule has 2 aromatic rings. The summed E-state index contributed by atoms with van der Waals surface area (Å²) in [5, 5.41) is 11.3. The Kier molecular flexibility index (Phi) is 6.81. The molecule has 0 heterocycles. The zero-order valence-corrected chi connectivity index (χ0v) is 14.6. The first-order valence-electron chi connectivity index (χ1n) is 7.69. The van der Waals surface area contributed by atoms with Crippen LogP contribution in [0.25, 0.3) is 0 Å². The number of halogens is 4. The van der Waals surface area contributed by atoms with Crippen molar-refractivity contribution in [3.05, 3.63) is 64.2 Å². The summed E-state index contributed by atoms with van der Waals surface area (Å²) in [6.45, 7) is -0.604. The molecule has 0 aliphatic rings. The Morgan fingerprint density at radius 3 is 2.56 bits per heavy atom. The smallest absolute Gasteiger partial charge is 0.417 e. The number of alkyl halides is 3. The van der Waals surface area contributed by atoms with E-state index in [0.717, 1.165) is 12.1 Å². The second-order valence-corrected chi connectivity index (χ2v) is 5.99. The van der Waals surface area contributed by atoms with Crippen LogP contribution in [-0.2, 0) is 22.3 Å². The Morgan fingerprint density at radius 2 is 1.89 bits per heavy atom. The number of nitrogens with one attached hydrogen (secondary N) is 1. The third kappa shape index (κ3) is 6.26. The quantitative estimate of drug-likeness (QED) is 0.691. The van der Waals surface area contributed by atoms with Gasteiger partial charge >= 0.3 is 12.1 Å². The van der Waals surface area contributed by atoms with Crippen molar-refractivity contribution in [1.82, 2.24) is 0 Å². The van der Waals surface area contributed by atoms with E-state index in [-0.39, 0.29) is 36.7 Å². The summed E-state index contributed by atoms with van der Waals surface area (Å²) in [6, 6.07) is 9.32. The molecule has 0 bridgehead atoms. The molecule has 9 heteroatoms. The fourth-order valence-corrected chi connectivity index (χ4v) is 2.40. The summed E-state index contributed by atoms with van der Waals surface area (Å²) in [7, 11) is 0. The van der Waals surface area contributed by atoms with E-state index in [4.69, 9.17) is 21.4 Å². The lowest BCUT2D eigenvalue weighted by Crippen LogP contribution is -2.19. The van der Waals surface area contributed by atoms with Crippen molar-refractivity contribution in [1.29, 1.82) is 0 Å². The molecule has 0 fully saturated rings. The Balaban J connectivity index is 1.83. The van der Waals surface area contributed by atoms with E-state index < -0.39 is 22.7 Å². The van der Waals surface area contributed by atoms with Gasteiger partial charge in [0.2, 0.25) is 0 Å². The maximum Gasteiger partial charge on any atom is 0.417 e. The molecule has 0 aliphatic heterocycles. The number of carboxylic acids is 1. The first-order chi connectivity index (χ1) is 12.7. The second-order valence-electron chi connectivity index (χ2n) is 5.58. The standard InChI is InChI=1S/C18H15ClF3NO4/c19-16-5-4-11(6-15(16)18(20,21)22)9-27-10-14(24)8-23-13-3-1-2-12(7-13)17(25)26/h1-7,23H,8-10H2,(H,25,26). The maximum atomic E-state index is 12.8. The van der Waals surface area contributed by atoms with Gasteiger partial charge in [-0.15, -0.1) is 0 Å². The van der Waals surface area contributed by atoms with Crippen LogP contribution in [0.3, 0.4) is 0 Å². The first kappa shape index (κ1) is 20.7. The van der Waals surface area contributed by atoms with Crippen LogP contribution in [0.5, 0.6) is 0 Å². The number of carbonyl (C=O) groups excluding carboxylic acids is 1. The van der Waals surface area contributed by atoms with Crippen molar-refractivity contribution in [3.63, 3.8) is 0 Å².